The first-order chi connectivity index (χ1) is 8.92. The van der Waals surface area contributed by atoms with Crippen LogP contribution >= 0.6 is 11.3 Å². The Hall–Kier alpha value is -1.40. The van der Waals surface area contributed by atoms with E-state index in [1.807, 2.05) is 20.8 Å². The largest absolute Gasteiger partial charge is 0.465 e. The summed E-state index contributed by atoms with van der Waals surface area (Å²) in [6.45, 7) is 5.73. The number of methoxy groups -OCH3 is 1. The molecule has 2 atom stereocenters. The molecule has 0 saturated carbocycles. The Kier molecular flexibility index (Phi) is 5.50. The van der Waals surface area contributed by atoms with E-state index in [2.05, 4.69) is 10.1 Å². The molecule has 1 amide bonds. The van der Waals surface area contributed by atoms with Crippen LogP contribution in [0.5, 0.6) is 0 Å². The second-order valence-corrected chi connectivity index (χ2v) is 5.39. The molecule has 19 heavy (non-hydrogen) atoms. The number of ether oxygens (including phenoxy) is 1. The van der Waals surface area contributed by atoms with Gasteiger partial charge in [-0.15, -0.1) is 11.3 Å². The van der Waals surface area contributed by atoms with Crippen LogP contribution in [0.25, 0.3) is 0 Å². The predicted molar refractivity (Wildman–Crippen MR) is 76.5 cm³/mol. The number of thiophene rings is 1. The van der Waals surface area contributed by atoms with Gasteiger partial charge in [-0.3, -0.25) is 4.79 Å². The second kappa shape index (κ2) is 6.68. The normalized spacial score (nSPS) is 13.7. The van der Waals surface area contributed by atoms with Gasteiger partial charge in [0.05, 0.1) is 18.8 Å². The Balaban J connectivity index is 2.90. The van der Waals surface area contributed by atoms with Crippen molar-refractivity contribution in [1.82, 2.24) is 0 Å². The van der Waals surface area contributed by atoms with Crippen LogP contribution in [-0.2, 0) is 9.53 Å². The summed E-state index contributed by atoms with van der Waals surface area (Å²) in [6.07, 6.45) is 0.821. The van der Waals surface area contributed by atoms with Crippen molar-refractivity contribution in [3.63, 3.8) is 0 Å². The topological polar surface area (TPSA) is 81.4 Å². The minimum atomic E-state index is -0.588. The van der Waals surface area contributed by atoms with Crippen LogP contribution in [0, 0.1) is 12.8 Å². The number of nitrogens with one attached hydrogen (secondary N) is 1. The minimum absolute atomic E-state index is 0.0838. The van der Waals surface area contributed by atoms with Gasteiger partial charge in [-0.05, 0) is 23.8 Å². The highest BCUT2D eigenvalue weighted by Gasteiger charge is 2.23. The Morgan fingerprint density at radius 1 is 1.53 bits per heavy atom. The van der Waals surface area contributed by atoms with Gasteiger partial charge < -0.3 is 15.8 Å². The van der Waals surface area contributed by atoms with Gasteiger partial charge in [0, 0.05) is 0 Å². The number of aryl methyl sites for hydroxylation is 1. The molecule has 1 heterocycles. The lowest BCUT2D eigenvalue weighted by Gasteiger charge is -2.18. The van der Waals surface area contributed by atoms with Crippen molar-refractivity contribution in [3.8, 4) is 0 Å². The zero-order chi connectivity index (χ0) is 14.6. The Labute approximate surface area is 117 Å². The molecule has 0 aromatic carbocycles. The average Bonchev–Trinajstić information content (AvgIpc) is 2.77. The quantitative estimate of drug-likeness (QED) is 0.812. The number of carbonyl (C=O) groups is 2. The molecule has 0 aliphatic heterocycles. The lowest BCUT2D eigenvalue weighted by Crippen LogP contribution is -2.40. The zero-order valence-electron chi connectivity index (χ0n) is 11.6. The Morgan fingerprint density at radius 3 is 2.68 bits per heavy atom. The second-order valence-electron chi connectivity index (χ2n) is 4.51. The molecule has 0 aliphatic rings. The fourth-order valence-electron chi connectivity index (χ4n) is 1.56. The van der Waals surface area contributed by atoms with Gasteiger partial charge in [-0.1, -0.05) is 20.3 Å². The summed E-state index contributed by atoms with van der Waals surface area (Å²) in [4.78, 5) is 24.0. The molecule has 0 bridgehead atoms. The highest BCUT2D eigenvalue weighted by atomic mass is 32.1. The van der Waals surface area contributed by atoms with Crippen molar-refractivity contribution in [3.05, 3.63) is 15.8 Å². The van der Waals surface area contributed by atoms with Gasteiger partial charge in [0.1, 0.15) is 4.88 Å². The van der Waals surface area contributed by atoms with Crippen LogP contribution < -0.4 is 11.1 Å². The monoisotopic (exact) mass is 284 g/mol. The van der Waals surface area contributed by atoms with Crippen LogP contribution in [-0.4, -0.2) is 25.0 Å². The molecule has 0 saturated heterocycles. The fraction of sp³-hybridized carbons (Fsp3) is 0.538. The molecule has 0 radical (unpaired) electrons. The summed E-state index contributed by atoms with van der Waals surface area (Å²) < 4.78 is 4.69. The number of anilines is 1. The molecule has 3 N–H and O–H groups in total. The highest BCUT2D eigenvalue weighted by molar-refractivity contribution is 7.12. The Bertz CT molecular complexity index is 470. The molecule has 1 unspecified atom stereocenters. The molecule has 1 rings (SSSR count). The molecule has 0 fully saturated rings. The maximum atomic E-state index is 12.0. The number of esters is 1. The van der Waals surface area contributed by atoms with Crippen LogP contribution in [0.1, 0.15) is 35.5 Å². The standard InChI is InChI=1S/C13H20N2O3S/c1-5-7(2)9(14)12(16)15-10-8(3)6-19-11(10)13(17)18-4/h6-7,9H,5,14H2,1-4H3,(H,15,16)/t7?,9-/m0/s1. The van der Waals surface area contributed by atoms with E-state index in [4.69, 9.17) is 5.73 Å². The van der Waals surface area contributed by atoms with Crippen molar-refractivity contribution in [1.29, 1.82) is 0 Å². The van der Waals surface area contributed by atoms with Gasteiger partial charge in [0.15, 0.2) is 0 Å². The minimum Gasteiger partial charge on any atom is -0.465 e. The highest BCUT2D eigenvalue weighted by Crippen LogP contribution is 2.28. The molecule has 1 aromatic rings. The average molecular weight is 284 g/mol. The first-order valence-electron chi connectivity index (χ1n) is 6.15. The summed E-state index contributed by atoms with van der Waals surface area (Å²) in [5.74, 6) is -0.646. The van der Waals surface area contributed by atoms with Crippen LogP contribution in [0.3, 0.4) is 0 Å². The van der Waals surface area contributed by atoms with Crippen molar-refractivity contribution in [2.45, 2.75) is 33.2 Å². The van der Waals surface area contributed by atoms with Gasteiger partial charge in [-0.25, -0.2) is 4.79 Å². The summed E-state index contributed by atoms with van der Waals surface area (Å²) >= 11 is 1.25. The first kappa shape index (κ1) is 15.7. The van der Waals surface area contributed by atoms with Crippen molar-refractivity contribution in [2.75, 3.05) is 12.4 Å². The number of hydrogen-bond acceptors (Lipinski definition) is 5. The summed E-state index contributed by atoms with van der Waals surface area (Å²) in [5, 5.41) is 4.54. The van der Waals surface area contributed by atoms with Crippen LogP contribution in [0.15, 0.2) is 5.38 Å². The van der Waals surface area contributed by atoms with Crippen LogP contribution in [0.4, 0.5) is 5.69 Å². The van der Waals surface area contributed by atoms with E-state index >= 15 is 0 Å². The predicted octanol–water partition coefficient (Wildman–Crippen LogP) is 2.16. The first-order valence-corrected chi connectivity index (χ1v) is 7.03. The number of carbonyl (C=O) groups excluding carboxylic acids is 2. The smallest absolute Gasteiger partial charge is 0.350 e. The van der Waals surface area contributed by atoms with E-state index in [1.54, 1.807) is 5.38 Å². The third-order valence-corrected chi connectivity index (χ3v) is 4.23. The molecule has 1 aromatic heterocycles. The summed E-state index contributed by atoms with van der Waals surface area (Å²) in [6, 6.07) is -0.588. The molecular weight excluding hydrogens is 264 g/mol. The van der Waals surface area contributed by atoms with E-state index < -0.39 is 12.0 Å². The van der Waals surface area contributed by atoms with Crippen LogP contribution in [0.2, 0.25) is 0 Å². The number of hydrogen-bond donors (Lipinski definition) is 2. The molecular formula is C13H20N2O3S. The lowest BCUT2D eigenvalue weighted by molar-refractivity contribution is -0.118. The molecule has 5 nitrogen and oxygen atoms in total. The molecule has 6 heteroatoms. The number of rotatable bonds is 5. The van der Waals surface area contributed by atoms with Gasteiger partial charge in [0.25, 0.3) is 0 Å². The van der Waals surface area contributed by atoms with Crippen molar-refractivity contribution < 1.29 is 14.3 Å². The van der Waals surface area contributed by atoms with E-state index in [0.717, 1.165) is 12.0 Å². The third kappa shape index (κ3) is 3.54. The molecule has 0 aliphatic carbocycles. The zero-order valence-corrected chi connectivity index (χ0v) is 12.5. The molecule has 106 valence electrons. The summed E-state index contributed by atoms with van der Waals surface area (Å²) in [5.41, 5.74) is 7.20. The Morgan fingerprint density at radius 2 is 2.16 bits per heavy atom. The van der Waals surface area contributed by atoms with Gasteiger partial charge >= 0.3 is 5.97 Å². The van der Waals surface area contributed by atoms with Gasteiger partial charge in [-0.2, -0.15) is 0 Å². The summed E-state index contributed by atoms with van der Waals surface area (Å²) in [7, 11) is 1.31. The van der Waals surface area contributed by atoms with E-state index in [1.165, 1.54) is 18.4 Å². The van der Waals surface area contributed by atoms with E-state index in [9.17, 15) is 9.59 Å². The van der Waals surface area contributed by atoms with Gasteiger partial charge in [0.2, 0.25) is 5.91 Å². The lowest BCUT2D eigenvalue weighted by atomic mass is 9.99. The maximum absolute atomic E-state index is 12.0. The van der Waals surface area contributed by atoms with E-state index in [0.29, 0.717) is 10.6 Å². The van der Waals surface area contributed by atoms with Crippen molar-refractivity contribution in [2.24, 2.45) is 11.7 Å². The third-order valence-electron chi connectivity index (χ3n) is 3.15. The maximum Gasteiger partial charge on any atom is 0.350 e. The fourth-order valence-corrected chi connectivity index (χ4v) is 2.48. The van der Waals surface area contributed by atoms with E-state index in [-0.39, 0.29) is 11.8 Å². The number of nitrogens with two attached hydrogens (primary N) is 1. The van der Waals surface area contributed by atoms with Crippen molar-refractivity contribution >= 4 is 28.9 Å². The molecule has 0 spiro atoms. The SMILES string of the molecule is CCC(C)[C@H](N)C(=O)Nc1c(C)csc1C(=O)OC. The number of amides is 1.